The van der Waals surface area contributed by atoms with E-state index in [-0.39, 0.29) is 6.04 Å². The fourth-order valence-electron chi connectivity index (χ4n) is 3.29. The number of hydrogen-bond acceptors (Lipinski definition) is 6. The van der Waals surface area contributed by atoms with Gasteiger partial charge in [-0.15, -0.1) is 5.10 Å². The number of aromatic nitrogens is 5. The lowest BCUT2D eigenvalue weighted by molar-refractivity contribution is 0.263. The Morgan fingerprint density at radius 1 is 1.21 bits per heavy atom. The first kappa shape index (κ1) is 15.3. The molecule has 1 saturated heterocycles. The molecule has 0 aliphatic carbocycles. The Morgan fingerprint density at radius 3 is 2.75 bits per heavy atom. The Labute approximate surface area is 141 Å². The van der Waals surface area contributed by atoms with E-state index in [1.807, 2.05) is 23.0 Å². The van der Waals surface area contributed by atoms with E-state index in [1.54, 1.807) is 0 Å². The lowest BCUT2D eigenvalue weighted by atomic mass is 10.1. The van der Waals surface area contributed by atoms with Gasteiger partial charge >= 0.3 is 0 Å². The molecule has 0 saturated carbocycles. The summed E-state index contributed by atoms with van der Waals surface area (Å²) in [4.78, 5) is 11.7. The van der Waals surface area contributed by atoms with Crippen molar-refractivity contribution in [2.24, 2.45) is 0 Å². The molecule has 1 N–H and O–H groups in total. The molecule has 1 aromatic carbocycles. The van der Waals surface area contributed by atoms with Gasteiger partial charge in [0.05, 0.1) is 0 Å². The van der Waals surface area contributed by atoms with E-state index < -0.39 is 0 Å². The van der Waals surface area contributed by atoms with Crippen LogP contribution in [0.2, 0.25) is 0 Å². The summed E-state index contributed by atoms with van der Waals surface area (Å²) in [5.41, 5.74) is 2.77. The van der Waals surface area contributed by atoms with Gasteiger partial charge in [0.1, 0.15) is 16.6 Å². The van der Waals surface area contributed by atoms with Gasteiger partial charge in [0, 0.05) is 23.7 Å². The monoisotopic (exact) mass is 325 g/mol. The predicted molar refractivity (Wildman–Crippen MR) is 95.2 cm³/mol. The van der Waals surface area contributed by atoms with Crippen molar-refractivity contribution in [3.63, 3.8) is 0 Å². The van der Waals surface area contributed by atoms with Crippen molar-refractivity contribution in [2.75, 3.05) is 25.5 Å². The van der Waals surface area contributed by atoms with Crippen LogP contribution >= 0.6 is 0 Å². The molecule has 7 nitrogen and oxygen atoms in total. The van der Waals surface area contributed by atoms with Gasteiger partial charge in [-0.2, -0.15) is 0 Å². The first-order chi connectivity index (χ1) is 11.6. The molecule has 2 aromatic heterocycles. The molecule has 0 amide bonds. The van der Waals surface area contributed by atoms with E-state index in [1.165, 1.54) is 0 Å². The average molecular weight is 325 g/mol. The molecule has 4 rings (SSSR count). The second kappa shape index (κ2) is 5.98. The van der Waals surface area contributed by atoms with Crippen LogP contribution in [0.4, 0.5) is 5.95 Å². The van der Waals surface area contributed by atoms with Gasteiger partial charge in [0.15, 0.2) is 0 Å². The molecule has 0 radical (unpaired) electrons. The maximum Gasteiger partial charge on any atom is 0.223 e. The first-order valence-electron chi connectivity index (χ1n) is 8.57. The van der Waals surface area contributed by atoms with Crippen LogP contribution in [-0.4, -0.2) is 56.0 Å². The standard InChI is InChI=1S/C17H23N7/c1-11(2)24-16-14(21-22-24)5-4-12-10-18-17(20-15(12)16)19-13-6-8-23(3)9-7-13/h4-5,10-11,13H,6-9H2,1-3H3,(H,18,19,20). The highest BCUT2D eigenvalue weighted by molar-refractivity contribution is 6.01. The zero-order valence-corrected chi connectivity index (χ0v) is 14.4. The van der Waals surface area contributed by atoms with Crippen LogP contribution in [0.1, 0.15) is 32.7 Å². The van der Waals surface area contributed by atoms with Crippen molar-refractivity contribution in [1.82, 2.24) is 29.9 Å². The minimum absolute atomic E-state index is 0.237. The fraction of sp³-hybridized carbons (Fsp3) is 0.529. The van der Waals surface area contributed by atoms with Crippen molar-refractivity contribution < 1.29 is 0 Å². The number of hydrogen-bond donors (Lipinski definition) is 1. The van der Waals surface area contributed by atoms with Crippen molar-refractivity contribution in [2.45, 2.75) is 38.8 Å². The van der Waals surface area contributed by atoms with Crippen LogP contribution in [0, 0.1) is 0 Å². The Balaban J connectivity index is 1.73. The predicted octanol–water partition coefficient (Wildman–Crippen LogP) is 2.46. The Hall–Kier alpha value is -2.28. The van der Waals surface area contributed by atoms with Crippen LogP contribution in [-0.2, 0) is 0 Å². The summed E-state index contributed by atoms with van der Waals surface area (Å²) in [5, 5.41) is 13.1. The van der Waals surface area contributed by atoms with Crippen molar-refractivity contribution >= 4 is 27.9 Å². The van der Waals surface area contributed by atoms with Gasteiger partial charge in [0.25, 0.3) is 0 Å². The molecule has 0 spiro atoms. The van der Waals surface area contributed by atoms with Crippen molar-refractivity contribution in [1.29, 1.82) is 0 Å². The molecule has 7 heteroatoms. The third-order valence-electron chi connectivity index (χ3n) is 4.72. The number of nitrogens with zero attached hydrogens (tertiary/aromatic N) is 6. The van der Waals surface area contributed by atoms with Crippen LogP contribution in [0.5, 0.6) is 0 Å². The normalized spacial score (nSPS) is 17.2. The van der Waals surface area contributed by atoms with E-state index in [0.717, 1.165) is 47.9 Å². The number of likely N-dealkylation sites (tertiary alicyclic amines) is 1. The van der Waals surface area contributed by atoms with Crippen LogP contribution in [0.15, 0.2) is 18.3 Å². The number of anilines is 1. The van der Waals surface area contributed by atoms with Crippen LogP contribution < -0.4 is 5.32 Å². The molecule has 0 atom stereocenters. The minimum atomic E-state index is 0.237. The van der Waals surface area contributed by atoms with Crippen molar-refractivity contribution in [3.05, 3.63) is 18.3 Å². The van der Waals surface area contributed by atoms with Crippen LogP contribution in [0.25, 0.3) is 21.9 Å². The van der Waals surface area contributed by atoms with E-state index in [4.69, 9.17) is 4.98 Å². The summed E-state index contributed by atoms with van der Waals surface area (Å²) in [6.07, 6.45) is 4.12. The van der Waals surface area contributed by atoms with E-state index in [2.05, 4.69) is 46.4 Å². The molecule has 3 aromatic rings. The Kier molecular flexibility index (Phi) is 3.80. The van der Waals surface area contributed by atoms with Gasteiger partial charge in [-0.1, -0.05) is 5.21 Å². The summed E-state index contributed by atoms with van der Waals surface area (Å²) in [6, 6.07) is 4.67. The second-order valence-electron chi connectivity index (χ2n) is 6.91. The summed E-state index contributed by atoms with van der Waals surface area (Å²) >= 11 is 0. The highest BCUT2D eigenvalue weighted by atomic mass is 15.4. The third-order valence-corrected chi connectivity index (χ3v) is 4.72. The van der Waals surface area contributed by atoms with E-state index >= 15 is 0 Å². The van der Waals surface area contributed by atoms with Crippen molar-refractivity contribution in [3.8, 4) is 0 Å². The van der Waals surface area contributed by atoms with Gasteiger partial charge in [0.2, 0.25) is 5.95 Å². The van der Waals surface area contributed by atoms with Gasteiger partial charge in [-0.3, -0.25) is 0 Å². The van der Waals surface area contributed by atoms with Gasteiger partial charge in [-0.25, -0.2) is 14.6 Å². The molecule has 3 heterocycles. The molecule has 1 aliphatic heterocycles. The largest absolute Gasteiger partial charge is 0.351 e. The smallest absolute Gasteiger partial charge is 0.223 e. The van der Waals surface area contributed by atoms with Gasteiger partial charge < -0.3 is 10.2 Å². The number of nitrogens with one attached hydrogen (secondary N) is 1. The fourth-order valence-corrected chi connectivity index (χ4v) is 3.29. The summed E-state index contributed by atoms with van der Waals surface area (Å²) in [5.74, 6) is 0.695. The molecule has 126 valence electrons. The summed E-state index contributed by atoms with van der Waals surface area (Å²) in [7, 11) is 2.17. The Bertz CT molecular complexity index is 862. The number of piperidine rings is 1. The molecule has 0 bridgehead atoms. The maximum atomic E-state index is 4.80. The third kappa shape index (κ3) is 2.69. The SMILES string of the molecule is CC(C)n1nnc2ccc3cnc(NC4CCN(C)CC4)nc3c21. The molecule has 1 aliphatic rings. The highest BCUT2D eigenvalue weighted by Crippen LogP contribution is 2.25. The maximum absolute atomic E-state index is 4.80. The molecule has 24 heavy (non-hydrogen) atoms. The van der Waals surface area contributed by atoms with Crippen LogP contribution in [0.3, 0.4) is 0 Å². The van der Waals surface area contributed by atoms with E-state index in [9.17, 15) is 0 Å². The molecular formula is C17H23N7. The van der Waals surface area contributed by atoms with Gasteiger partial charge in [-0.05, 0) is 59.0 Å². The highest BCUT2D eigenvalue weighted by Gasteiger charge is 2.18. The zero-order chi connectivity index (χ0) is 16.7. The molecule has 1 fully saturated rings. The Morgan fingerprint density at radius 2 is 2.00 bits per heavy atom. The topological polar surface area (TPSA) is 71.8 Å². The molecule has 0 unspecified atom stereocenters. The second-order valence-corrected chi connectivity index (χ2v) is 6.91. The summed E-state index contributed by atoms with van der Waals surface area (Å²) < 4.78 is 1.93. The first-order valence-corrected chi connectivity index (χ1v) is 8.57. The lowest BCUT2D eigenvalue weighted by Crippen LogP contribution is -2.37. The van der Waals surface area contributed by atoms with E-state index in [0.29, 0.717) is 12.0 Å². The zero-order valence-electron chi connectivity index (χ0n) is 14.4. The molecular weight excluding hydrogens is 302 g/mol. The number of rotatable bonds is 3. The lowest BCUT2D eigenvalue weighted by Gasteiger charge is -2.29. The summed E-state index contributed by atoms with van der Waals surface area (Å²) in [6.45, 7) is 6.43. The number of fused-ring (bicyclic) bond motifs is 3. The average Bonchev–Trinajstić information content (AvgIpc) is 3.02. The quantitative estimate of drug-likeness (QED) is 0.797. The number of benzene rings is 1. The minimum Gasteiger partial charge on any atom is -0.351 e.